The maximum absolute atomic E-state index is 13.2. The Bertz CT molecular complexity index is 1570. The molecule has 0 aliphatic carbocycles. The number of ether oxygens (including phenoxy) is 2. The molecule has 5 rings (SSSR count). The summed E-state index contributed by atoms with van der Waals surface area (Å²) >= 11 is 3.55. The van der Waals surface area contributed by atoms with Crippen LogP contribution < -0.4 is 14.8 Å². The molecule has 1 heterocycles. The van der Waals surface area contributed by atoms with E-state index < -0.39 is 0 Å². The zero-order valence-electron chi connectivity index (χ0n) is 25.2. The highest BCUT2D eigenvalue weighted by Gasteiger charge is 2.23. The van der Waals surface area contributed by atoms with Crippen LogP contribution in [0.3, 0.4) is 0 Å². The normalized spacial score (nSPS) is 13.4. The summed E-state index contributed by atoms with van der Waals surface area (Å²) in [6, 6.07) is 30.3. The summed E-state index contributed by atoms with van der Waals surface area (Å²) < 4.78 is 11.6. The molecule has 0 bridgehead atoms. The molecule has 7 nitrogen and oxygen atoms in total. The van der Waals surface area contributed by atoms with Gasteiger partial charge in [0.2, 0.25) is 5.91 Å². The number of halogens is 1. The molecule has 0 spiro atoms. The Kier molecular flexibility index (Phi) is 10.7. The molecule has 1 aliphatic heterocycles. The average molecular weight is 657 g/mol. The van der Waals surface area contributed by atoms with E-state index in [0.717, 1.165) is 35.2 Å². The highest BCUT2D eigenvalue weighted by molar-refractivity contribution is 9.10. The van der Waals surface area contributed by atoms with Crippen LogP contribution in [0, 0.1) is 0 Å². The number of nitrogens with zero attached hydrogens (tertiary/aromatic N) is 2. The average Bonchev–Trinajstić information content (AvgIpc) is 3.07. The van der Waals surface area contributed by atoms with Crippen molar-refractivity contribution in [2.75, 3.05) is 40.4 Å². The predicted molar refractivity (Wildman–Crippen MR) is 177 cm³/mol. The van der Waals surface area contributed by atoms with E-state index in [2.05, 4.69) is 74.7 Å². The first-order chi connectivity index (χ1) is 21.4. The molecule has 0 saturated carbocycles. The lowest BCUT2D eigenvalue weighted by Gasteiger charge is -2.35. The number of hydrogen-bond donors (Lipinski definition) is 1. The lowest BCUT2D eigenvalue weighted by molar-refractivity contribution is -0.121. The second kappa shape index (κ2) is 15.0. The summed E-state index contributed by atoms with van der Waals surface area (Å²) in [7, 11) is 3.19. The van der Waals surface area contributed by atoms with E-state index in [1.807, 2.05) is 47.4 Å². The number of piperazine rings is 1. The SMILES string of the molecule is COc1cc(Br)c(CCC(=O)NCc2ccc(C(=O)N3CCN(Cc4ccccc4-c4ccccc4)CC3)cc2)cc1OC. The van der Waals surface area contributed by atoms with Crippen LogP contribution in [0.4, 0.5) is 0 Å². The third kappa shape index (κ3) is 7.87. The van der Waals surface area contributed by atoms with Crippen molar-refractivity contribution in [3.63, 3.8) is 0 Å². The van der Waals surface area contributed by atoms with Gasteiger partial charge in [0.25, 0.3) is 5.91 Å². The topological polar surface area (TPSA) is 71.1 Å². The van der Waals surface area contributed by atoms with Gasteiger partial charge in [0, 0.05) is 55.7 Å². The van der Waals surface area contributed by atoms with E-state index in [9.17, 15) is 9.59 Å². The molecular weight excluding hydrogens is 618 g/mol. The van der Waals surface area contributed by atoms with E-state index in [1.54, 1.807) is 14.2 Å². The molecule has 1 aliphatic rings. The Morgan fingerprint density at radius 2 is 1.45 bits per heavy atom. The second-order valence-corrected chi connectivity index (χ2v) is 11.7. The van der Waals surface area contributed by atoms with Crippen LogP contribution in [0.5, 0.6) is 11.5 Å². The molecular formula is C36H38BrN3O4. The first kappa shape index (κ1) is 31.3. The maximum atomic E-state index is 13.2. The molecule has 2 amide bonds. The van der Waals surface area contributed by atoms with Crippen molar-refractivity contribution in [3.05, 3.63) is 118 Å². The van der Waals surface area contributed by atoms with Crippen molar-refractivity contribution in [1.29, 1.82) is 0 Å². The number of methoxy groups -OCH3 is 2. The van der Waals surface area contributed by atoms with Gasteiger partial charge < -0.3 is 19.7 Å². The monoisotopic (exact) mass is 655 g/mol. The Hall–Kier alpha value is -4.14. The lowest BCUT2D eigenvalue weighted by Crippen LogP contribution is -2.48. The van der Waals surface area contributed by atoms with Crippen molar-refractivity contribution in [1.82, 2.24) is 15.1 Å². The first-order valence-corrected chi connectivity index (χ1v) is 15.7. The minimum atomic E-state index is -0.0453. The van der Waals surface area contributed by atoms with E-state index >= 15 is 0 Å². The van der Waals surface area contributed by atoms with Gasteiger partial charge in [-0.15, -0.1) is 0 Å². The molecule has 1 fully saturated rings. The number of carbonyl (C=O) groups is 2. The molecule has 8 heteroatoms. The van der Waals surface area contributed by atoms with Gasteiger partial charge in [0.05, 0.1) is 14.2 Å². The van der Waals surface area contributed by atoms with E-state index in [4.69, 9.17) is 9.47 Å². The predicted octanol–water partition coefficient (Wildman–Crippen LogP) is 6.34. The molecule has 228 valence electrons. The van der Waals surface area contributed by atoms with E-state index in [0.29, 0.717) is 49.5 Å². The van der Waals surface area contributed by atoms with E-state index in [1.165, 1.54) is 16.7 Å². The van der Waals surface area contributed by atoms with Crippen molar-refractivity contribution < 1.29 is 19.1 Å². The summed E-state index contributed by atoms with van der Waals surface area (Å²) in [6.07, 6.45) is 0.904. The number of aryl methyl sites for hydroxylation is 1. The van der Waals surface area contributed by atoms with Crippen LogP contribution in [0.1, 0.15) is 33.5 Å². The van der Waals surface area contributed by atoms with Gasteiger partial charge in [0.15, 0.2) is 11.5 Å². The van der Waals surface area contributed by atoms with E-state index in [-0.39, 0.29) is 11.8 Å². The van der Waals surface area contributed by atoms with Crippen molar-refractivity contribution in [2.45, 2.75) is 25.9 Å². The third-order valence-corrected chi connectivity index (χ3v) is 8.76. The summed E-state index contributed by atoms with van der Waals surface area (Å²) in [5, 5.41) is 2.98. The Morgan fingerprint density at radius 3 is 2.16 bits per heavy atom. The Morgan fingerprint density at radius 1 is 0.795 bits per heavy atom. The number of amides is 2. The Labute approximate surface area is 267 Å². The number of hydrogen-bond acceptors (Lipinski definition) is 5. The fourth-order valence-electron chi connectivity index (χ4n) is 5.48. The molecule has 4 aromatic rings. The van der Waals surface area contributed by atoms with Crippen LogP contribution in [0.25, 0.3) is 11.1 Å². The van der Waals surface area contributed by atoms with Crippen LogP contribution in [-0.2, 0) is 24.3 Å². The van der Waals surface area contributed by atoms with Gasteiger partial charge >= 0.3 is 0 Å². The van der Waals surface area contributed by atoms with Gasteiger partial charge in [-0.25, -0.2) is 0 Å². The number of nitrogens with one attached hydrogen (secondary N) is 1. The molecule has 44 heavy (non-hydrogen) atoms. The molecule has 0 unspecified atom stereocenters. The second-order valence-electron chi connectivity index (χ2n) is 10.9. The van der Waals surface area contributed by atoms with Crippen LogP contribution in [0.2, 0.25) is 0 Å². The maximum Gasteiger partial charge on any atom is 0.253 e. The van der Waals surface area contributed by atoms with Gasteiger partial charge in [0.1, 0.15) is 0 Å². The molecule has 0 radical (unpaired) electrons. The van der Waals surface area contributed by atoms with Crippen molar-refractivity contribution in [2.24, 2.45) is 0 Å². The molecule has 1 saturated heterocycles. The number of carbonyl (C=O) groups excluding carboxylic acids is 2. The zero-order chi connectivity index (χ0) is 30.9. The lowest BCUT2D eigenvalue weighted by atomic mass is 9.99. The summed E-state index contributed by atoms with van der Waals surface area (Å²) in [5.41, 5.74) is 6.37. The van der Waals surface area contributed by atoms with Gasteiger partial charge in [-0.05, 0) is 58.5 Å². The quantitative estimate of drug-likeness (QED) is 0.204. The highest BCUT2D eigenvalue weighted by atomic mass is 79.9. The smallest absolute Gasteiger partial charge is 0.253 e. The van der Waals surface area contributed by atoms with Gasteiger partial charge in [-0.3, -0.25) is 14.5 Å². The first-order valence-electron chi connectivity index (χ1n) is 14.9. The van der Waals surface area contributed by atoms with Crippen LogP contribution >= 0.6 is 15.9 Å². The fourth-order valence-corrected chi connectivity index (χ4v) is 6.00. The fraction of sp³-hybridized carbons (Fsp3) is 0.278. The minimum absolute atomic E-state index is 0.0453. The minimum Gasteiger partial charge on any atom is -0.493 e. The third-order valence-electron chi connectivity index (χ3n) is 8.02. The summed E-state index contributed by atoms with van der Waals surface area (Å²) in [5.74, 6) is 1.27. The zero-order valence-corrected chi connectivity index (χ0v) is 26.8. The largest absolute Gasteiger partial charge is 0.493 e. The molecule has 1 N–H and O–H groups in total. The number of benzene rings is 4. The summed E-state index contributed by atoms with van der Waals surface area (Å²) in [6.45, 7) is 4.32. The molecule has 0 aromatic heterocycles. The van der Waals surface area contributed by atoms with Crippen molar-refractivity contribution >= 4 is 27.7 Å². The molecule has 0 atom stereocenters. The molecule has 4 aromatic carbocycles. The summed E-state index contributed by atoms with van der Waals surface area (Å²) in [4.78, 5) is 30.1. The van der Waals surface area contributed by atoms with Crippen molar-refractivity contribution in [3.8, 4) is 22.6 Å². The standard InChI is InChI=1S/C36H38BrN3O4/c1-43-33-22-29(32(37)23-34(33)44-2)16-17-35(41)38-24-26-12-14-28(15-13-26)36(42)40-20-18-39(19-21-40)25-30-10-6-7-11-31(30)27-8-4-3-5-9-27/h3-15,22-23H,16-21,24-25H2,1-2H3,(H,38,41). The van der Waals surface area contributed by atoms with Crippen LogP contribution in [0.15, 0.2) is 95.5 Å². The van der Waals surface area contributed by atoms with Gasteiger partial charge in [-0.2, -0.15) is 0 Å². The highest BCUT2D eigenvalue weighted by Crippen LogP contribution is 2.34. The number of rotatable bonds is 11. The van der Waals surface area contributed by atoms with Gasteiger partial charge in [-0.1, -0.05) is 82.7 Å². The van der Waals surface area contributed by atoms with Crippen LogP contribution in [-0.4, -0.2) is 62.0 Å². The Balaban J connectivity index is 1.08.